The average Bonchev–Trinajstić information content (AvgIpc) is 3.09. The van der Waals surface area contributed by atoms with Gasteiger partial charge in [0, 0.05) is 22.0 Å². The van der Waals surface area contributed by atoms with Crippen molar-refractivity contribution in [2.24, 2.45) is 0 Å². The maximum atomic E-state index is 13.1. The highest BCUT2D eigenvalue weighted by Gasteiger charge is 2.39. The van der Waals surface area contributed by atoms with E-state index in [0.29, 0.717) is 22.0 Å². The molecule has 0 aromatic heterocycles. The number of ether oxygens (including phenoxy) is 1. The number of carbonyl (C=O) groups is 4. The Kier molecular flexibility index (Phi) is 7.10. The highest BCUT2D eigenvalue weighted by atomic mass is 35.5. The summed E-state index contributed by atoms with van der Waals surface area (Å²) in [6, 6.07) is 17.4. The van der Waals surface area contributed by atoms with Crippen LogP contribution in [0.5, 0.6) is 0 Å². The second-order valence-corrected chi connectivity index (χ2v) is 8.59. The van der Waals surface area contributed by atoms with Crippen molar-refractivity contribution in [3.8, 4) is 0 Å². The first-order valence-electron chi connectivity index (χ1n) is 10.6. The largest absolute Gasteiger partial charge is 0.465 e. The smallest absolute Gasteiger partial charge is 0.337 e. The molecule has 0 fully saturated rings. The molecule has 0 aliphatic carbocycles. The number of nitrogens with zero attached hydrogens (tertiary/aromatic N) is 1. The average molecular weight is 524 g/mol. The molecule has 3 aromatic rings. The lowest BCUT2D eigenvalue weighted by atomic mass is 10.1. The first-order valence-corrected chi connectivity index (χ1v) is 11.4. The van der Waals surface area contributed by atoms with Crippen molar-refractivity contribution in [2.45, 2.75) is 6.92 Å². The second kappa shape index (κ2) is 10.2. The van der Waals surface area contributed by atoms with Crippen molar-refractivity contribution in [3.63, 3.8) is 0 Å². The molecule has 0 radical (unpaired) electrons. The first-order chi connectivity index (χ1) is 17.2. The quantitative estimate of drug-likeness (QED) is 0.343. The van der Waals surface area contributed by atoms with Gasteiger partial charge in [-0.3, -0.25) is 14.4 Å². The zero-order valence-electron chi connectivity index (χ0n) is 19.1. The second-order valence-electron chi connectivity index (χ2n) is 7.80. The molecule has 36 heavy (non-hydrogen) atoms. The van der Waals surface area contributed by atoms with Crippen LogP contribution in [0.3, 0.4) is 0 Å². The summed E-state index contributed by atoms with van der Waals surface area (Å²) in [7, 11) is 1.23. The molecule has 1 aliphatic heterocycles. The van der Waals surface area contributed by atoms with E-state index in [1.54, 1.807) is 36.4 Å². The minimum Gasteiger partial charge on any atom is -0.465 e. The third kappa shape index (κ3) is 4.95. The van der Waals surface area contributed by atoms with Crippen LogP contribution >= 0.6 is 23.2 Å². The number of esters is 1. The summed E-state index contributed by atoms with van der Waals surface area (Å²) in [4.78, 5) is 51.3. The molecule has 0 bridgehead atoms. The fraction of sp³-hybridized carbons (Fsp3) is 0.0769. The number of halogens is 2. The molecule has 2 N–H and O–H groups in total. The summed E-state index contributed by atoms with van der Waals surface area (Å²) < 4.78 is 4.69. The third-order valence-corrected chi connectivity index (χ3v) is 6.13. The molecule has 10 heteroatoms. The van der Waals surface area contributed by atoms with Crippen molar-refractivity contribution in [2.75, 3.05) is 22.6 Å². The van der Waals surface area contributed by atoms with Crippen LogP contribution < -0.4 is 15.5 Å². The lowest BCUT2D eigenvalue weighted by Crippen LogP contribution is -2.32. The highest BCUT2D eigenvalue weighted by Crippen LogP contribution is 2.31. The lowest BCUT2D eigenvalue weighted by Gasteiger charge is -2.16. The minimum absolute atomic E-state index is 0.159. The topological polar surface area (TPSA) is 105 Å². The Morgan fingerprint density at radius 2 is 1.58 bits per heavy atom. The van der Waals surface area contributed by atoms with E-state index in [9.17, 15) is 19.2 Å². The van der Waals surface area contributed by atoms with Gasteiger partial charge in [0.25, 0.3) is 17.7 Å². The third-order valence-electron chi connectivity index (χ3n) is 5.38. The fourth-order valence-electron chi connectivity index (χ4n) is 3.49. The molecular formula is C26H19Cl2N3O5. The minimum atomic E-state index is -0.753. The predicted molar refractivity (Wildman–Crippen MR) is 137 cm³/mol. The summed E-state index contributed by atoms with van der Waals surface area (Å²) >= 11 is 12.3. The number of anilines is 3. The Bertz CT molecular complexity index is 1450. The molecule has 0 saturated heterocycles. The molecule has 8 nitrogen and oxygen atoms in total. The number of hydrogen-bond donors (Lipinski definition) is 2. The van der Waals surface area contributed by atoms with Crippen molar-refractivity contribution in [1.29, 1.82) is 0 Å². The number of nitrogens with one attached hydrogen (secondary N) is 2. The predicted octanol–water partition coefficient (Wildman–Crippen LogP) is 5.12. The van der Waals surface area contributed by atoms with Crippen LogP contribution in [0, 0.1) is 6.92 Å². The van der Waals surface area contributed by atoms with Crippen molar-refractivity contribution in [3.05, 3.63) is 99.2 Å². The molecule has 182 valence electrons. The van der Waals surface area contributed by atoms with Crippen LogP contribution in [0.4, 0.5) is 17.1 Å². The number of aryl methyl sites for hydroxylation is 1. The molecule has 0 saturated carbocycles. The van der Waals surface area contributed by atoms with Gasteiger partial charge in [-0.25, -0.2) is 9.69 Å². The zero-order chi connectivity index (χ0) is 26.0. The number of amides is 3. The number of rotatable bonds is 6. The van der Waals surface area contributed by atoms with Crippen LogP contribution in [0.2, 0.25) is 5.02 Å². The van der Waals surface area contributed by atoms with E-state index < -0.39 is 23.7 Å². The number of carbonyl (C=O) groups excluding carboxylic acids is 4. The van der Waals surface area contributed by atoms with E-state index in [4.69, 9.17) is 27.9 Å². The van der Waals surface area contributed by atoms with Crippen LogP contribution in [0.25, 0.3) is 0 Å². The van der Waals surface area contributed by atoms with Gasteiger partial charge in [-0.15, -0.1) is 0 Å². The van der Waals surface area contributed by atoms with E-state index in [1.165, 1.54) is 37.4 Å². The van der Waals surface area contributed by atoms with Gasteiger partial charge in [-0.1, -0.05) is 41.4 Å². The summed E-state index contributed by atoms with van der Waals surface area (Å²) in [5.41, 5.74) is 2.24. The molecule has 0 atom stereocenters. The molecule has 1 heterocycles. The number of hydrogen-bond acceptors (Lipinski definition) is 6. The summed E-state index contributed by atoms with van der Waals surface area (Å²) in [5, 5.41) is 5.80. The van der Waals surface area contributed by atoms with Crippen LogP contribution in [0.1, 0.15) is 26.3 Å². The Labute approximate surface area is 216 Å². The number of imide groups is 1. The molecule has 0 spiro atoms. The molecule has 3 amide bonds. The Hall–Kier alpha value is -4.14. The molecular weight excluding hydrogens is 505 g/mol. The number of methoxy groups -OCH3 is 1. The zero-order valence-corrected chi connectivity index (χ0v) is 20.6. The van der Waals surface area contributed by atoms with Gasteiger partial charge < -0.3 is 15.4 Å². The molecule has 3 aromatic carbocycles. The van der Waals surface area contributed by atoms with Gasteiger partial charge in [0.15, 0.2) is 0 Å². The van der Waals surface area contributed by atoms with Crippen molar-refractivity contribution < 1.29 is 23.9 Å². The van der Waals surface area contributed by atoms with Crippen LogP contribution in [-0.2, 0) is 14.3 Å². The van der Waals surface area contributed by atoms with Gasteiger partial charge in [-0.05, 0) is 61.0 Å². The van der Waals surface area contributed by atoms with Crippen LogP contribution in [-0.4, -0.2) is 30.8 Å². The fourth-order valence-corrected chi connectivity index (χ4v) is 3.89. The summed E-state index contributed by atoms with van der Waals surface area (Å²) in [6.45, 7) is 1.86. The van der Waals surface area contributed by atoms with Gasteiger partial charge >= 0.3 is 5.97 Å². The van der Waals surface area contributed by atoms with Gasteiger partial charge in [-0.2, -0.15) is 0 Å². The van der Waals surface area contributed by atoms with E-state index >= 15 is 0 Å². The number of benzene rings is 3. The Balaban J connectivity index is 1.54. The van der Waals surface area contributed by atoms with E-state index in [1.807, 2.05) is 6.92 Å². The molecule has 0 unspecified atom stereocenters. The van der Waals surface area contributed by atoms with Crippen molar-refractivity contribution in [1.82, 2.24) is 0 Å². The van der Waals surface area contributed by atoms with Gasteiger partial charge in [0.05, 0.1) is 18.4 Å². The van der Waals surface area contributed by atoms with Gasteiger partial charge in [0.1, 0.15) is 10.7 Å². The standard InChI is InChI=1S/C26H19Cl2N3O5/c1-14-9-10-18(13-20(14)27)30-23(32)15-5-3-7-17(11-15)29-22-21(28)24(33)31(25(22)34)19-8-4-6-16(12-19)26(35)36-2/h3-13,29H,1-2H3,(H,30,32). The SMILES string of the molecule is COC(=O)c1cccc(N2C(=O)C(Cl)=C(Nc3cccc(C(=O)Nc4ccc(C)c(Cl)c4)c3)C2=O)c1. The molecule has 4 rings (SSSR count). The monoisotopic (exact) mass is 523 g/mol. The Morgan fingerprint density at radius 3 is 2.31 bits per heavy atom. The first kappa shape index (κ1) is 25.0. The maximum Gasteiger partial charge on any atom is 0.337 e. The van der Waals surface area contributed by atoms with Crippen molar-refractivity contribution >= 4 is 64.0 Å². The van der Waals surface area contributed by atoms with E-state index in [2.05, 4.69) is 10.6 Å². The lowest BCUT2D eigenvalue weighted by molar-refractivity contribution is -0.120. The molecule has 1 aliphatic rings. The van der Waals surface area contributed by atoms with E-state index in [0.717, 1.165) is 10.5 Å². The van der Waals surface area contributed by atoms with Crippen LogP contribution in [0.15, 0.2) is 77.5 Å². The maximum absolute atomic E-state index is 13.1. The summed E-state index contributed by atoms with van der Waals surface area (Å²) in [6.07, 6.45) is 0. The van der Waals surface area contributed by atoms with E-state index in [-0.39, 0.29) is 22.0 Å². The Morgan fingerprint density at radius 1 is 0.861 bits per heavy atom. The highest BCUT2D eigenvalue weighted by molar-refractivity contribution is 6.53. The summed E-state index contributed by atoms with van der Waals surface area (Å²) in [5.74, 6) is -2.47. The van der Waals surface area contributed by atoms with Gasteiger partial charge in [0.2, 0.25) is 0 Å². The normalized spacial score (nSPS) is 13.2.